The van der Waals surface area contributed by atoms with Gasteiger partial charge in [-0.05, 0) is 48.0 Å². The maximum atomic E-state index is 14.0. The lowest BCUT2D eigenvalue weighted by Crippen LogP contribution is -2.51. The van der Waals surface area contributed by atoms with E-state index in [9.17, 15) is 9.59 Å². The molecule has 1 fully saturated rings. The molecule has 3 amide bonds. The number of benzene rings is 3. The van der Waals surface area contributed by atoms with Crippen molar-refractivity contribution in [3.8, 4) is 5.75 Å². The lowest BCUT2D eigenvalue weighted by Gasteiger charge is -2.33. The first kappa shape index (κ1) is 21.7. The topological polar surface area (TPSA) is 61.9 Å². The van der Waals surface area contributed by atoms with Gasteiger partial charge < -0.3 is 15.0 Å². The van der Waals surface area contributed by atoms with E-state index in [1.807, 2.05) is 48.5 Å². The fraction of sp³-hybridized carbons (Fsp3) is 0.200. The number of amides is 3. The Morgan fingerprint density at radius 1 is 1.12 bits per heavy atom. The van der Waals surface area contributed by atoms with Gasteiger partial charge in [-0.2, -0.15) is 0 Å². The Bertz CT molecular complexity index is 1220. The highest BCUT2D eigenvalue weighted by molar-refractivity contribution is 8.01. The number of methoxy groups -OCH3 is 1. The van der Waals surface area contributed by atoms with Crippen LogP contribution >= 0.6 is 23.4 Å². The Kier molecular flexibility index (Phi) is 5.68. The average molecular weight is 480 g/mol. The van der Waals surface area contributed by atoms with Crippen LogP contribution in [0.25, 0.3) is 0 Å². The van der Waals surface area contributed by atoms with Crippen LogP contribution in [-0.2, 0) is 16.2 Å². The predicted octanol–water partition coefficient (Wildman–Crippen LogP) is 5.33. The Hall–Kier alpha value is -3.16. The molecule has 1 N–H and O–H groups in total. The number of urea groups is 1. The van der Waals surface area contributed by atoms with Crippen molar-refractivity contribution in [2.24, 2.45) is 0 Å². The average Bonchev–Trinajstić information content (AvgIpc) is 3.38. The number of para-hydroxylation sites is 1. The normalized spacial score (nSPS) is 19.2. The van der Waals surface area contributed by atoms with Crippen LogP contribution in [0.1, 0.15) is 11.1 Å². The summed E-state index contributed by atoms with van der Waals surface area (Å²) in [5.41, 5.74) is 3.24. The molecule has 6 nitrogen and oxygen atoms in total. The fourth-order valence-electron chi connectivity index (χ4n) is 4.40. The minimum Gasteiger partial charge on any atom is -0.497 e. The molecule has 5 rings (SSSR count). The van der Waals surface area contributed by atoms with Gasteiger partial charge in [0.05, 0.1) is 19.3 Å². The van der Waals surface area contributed by atoms with Gasteiger partial charge in [0, 0.05) is 28.6 Å². The van der Waals surface area contributed by atoms with Gasteiger partial charge in [0.2, 0.25) is 0 Å². The molecule has 1 saturated heterocycles. The van der Waals surface area contributed by atoms with Gasteiger partial charge in [0.25, 0.3) is 5.91 Å². The molecule has 168 valence electrons. The number of carbonyl (C=O) groups excluding carboxylic acids is 2. The number of thioether (sulfide) groups is 1. The minimum absolute atomic E-state index is 0.111. The van der Waals surface area contributed by atoms with E-state index in [1.54, 1.807) is 41.2 Å². The zero-order valence-corrected chi connectivity index (χ0v) is 19.5. The minimum atomic E-state index is -1.09. The Balaban J connectivity index is 1.49. The van der Waals surface area contributed by atoms with Crippen molar-refractivity contribution in [2.45, 2.75) is 11.4 Å². The summed E-state index contributed by atoms with van der Waals surface area (Å²) < 4.78 is 5.34. The number of nitrogens with one attached hydrogen (secondary N) is 1. The van der Waals surface area contributed by atoms with Crippen LogP contribution in [0.3, 0.4) is 0 Å². The standard InChI is InChI=1S/C25H22ClN3O3S/c1-32-20-6-4-5-17(15-20)16-28-22-8-3-2-7-21(22)25(23(28)30)29(13-14-33-25)24(31)27-19-11-9-18(26)10-12-19/h2-12,15H,13-14,16H2,1H3,(H,27,31)/t25-/m0/s1. The van der Waals surface area contributed by atoms with Crippen molar-refractivity contribution in [3.05, 3.63) is 88.9 Å². The van der Waals surface area contributed by atoms with Crippen LogP contribution in [0.2, 0.25) is 5.02 Å². The lowest BCUT2D eigenvalue weighted by molar-refractivity contribution is -0.123. The van der Waals surface area contributed by atoms with E-state index < -0.39 is 4.87 Å². The number of hydrogen-bond donors (Lipinski definition) is 1. The molecule has 33 heavy (non-hydrogen) atoms. The van der Waals surface area contributed by atoms with Crippen molar-refractivity contribution in [1.82, 2.24) is 4.90 Å². The third-order valence-electron chi connectivity index (χ3n) is 5.92. The van der Waals surface area contributed by atoms with Crippen molar-refractivity contribution < 1.29 is 14.3 Å². The van der Waals surface area contributed by atoms with Crippen molar-refractivity contribution in [2.75, 3.05) is 29.6 Å². The highest BCUT2D eigenvalue weighted by atomic mass is 35.5. The monoisotopic (exact) mass is 479 g/mol. The number of ether oxygens (including phenoxy) is 1. The smallest absolute Gasteiger partial charge is 0.323 e. The van der Waals surface area contributed by atoms with Gasteiger partial charge in [0.1, 0.15) is 5.75 Å². The number of hydrogen-bond acceptors (Lipinski definition) is 4. The maximum absolute atomic E-state index is 14.0. The van der Waals surface area contributed by atoms with E-state index in [2.05, 4.69) is 5.32 Å². The molecule has 0 aromatic heterocycles. The molecule has 2 aliphatic heterocycles. The first-order valence-corrected chi connectivity index (χ1v) is 11.9. The second kappa shape index (κ2) is 8.65. The van der Waals surface area contributed by atoms with E-state index in [-0.39, 0.29) is 11.9 Å². The summed E-state index contributed by atoms with van der Waals surface area (Å²) in [6.07, 6.45) is 0. The Labute approximate surface area is 201 Å². The molecular weight excluding hydrogens is 458 g/mol. The highest BCUT2D eigenvalue weighted by Gasteiger charge is 2.59. The zero-order valence-electron chi connectivity index (χ0n) is 18.0. The molecule has 1 atom stereocenters. The SMILES string of the molecule is COc1cccc(CN2C(=O)[C@@]3(SCCN3C(=O)Nc3ccc(Cl)cc3)c3ccccc32)c1. The quantitative estimate of drug-likeness (QED) is 0.549. The molecule has 2 heterocycles. The zero-order chi connectivity index (χ0) is 23.0. The van der Waals surface area contributed by atoms with E-state index in [4.69, 9.17) is 16.3 Å². The van der Waals surface area contributed by atoms with Crippen LogP contribution in [0.5, 0.6) is 5.75 Å². The van der Waals surface area contributed by atoms with Crippen molar-refractivity contribution in [3.63, 3.8) is 0 Å². The summed E-state index contributed by atoms with van der Waals surface area (Å²) >= 11 is 7.47. The largest absolute Gasteiger partial charge is 0.497 e. The molecule has 3 aromatic rings. The summed E-state index contributed by atoms with van der Waals surface area (Å²) in [7, 11) is 1.62. The summed E-state index contributed by atoms with van der Waals surface area (Å²) in [5, 5.41) is 3.51. The molecule has 0 aliphatic carbocycles. The summed E-state index contributed by atoms with van der Waals surface area (Å²) in [6, 6.07) is 22.0. The first-order chi connectivity index (χ1) is 16.0. The molecule has 0 radical (unpaired) electrons. The molecule has 1 spiro atoms. The van der Waals surface area contributed by atoms with E-state index in [1.165, 1.54) is 11.8 Å². The number of carbonyl (C=O) groups is 2. The van der Waals surface area contributed by atoms with Gasteiger partial charge in [0.15, 0.2) is 4.87 Å². The number of fused-ring (bicyclic) bond motifs is 2. The first-order valence-electron chi connectivity index (χ1n) is 10.6. The van der Waals surface area contributed by atoms with Crippen LogP contribution in [-0.4, -0.2) is 36.2 Å². The van der Waals surface area contributed by atoms with E-state index in [0.29, 0.717) is 29.6 Å². The van der Waals surface area contributed by atoms with Crippen LogP contribution in [0.4, 0.5) is 16.2 Å². The molecular formula is C25H22ClN3O3S. The van der Waals surface area contributed by atoms with Gasteiger partial charge in [-0.15, -0.1) is 11.8 Å². The van der Waals surface area contributed by atoms with Crippen LogP contribution in [0, 0.1) is 0 Å². The summed E-state index contributed by atoms with van der Waals surface area (Å²) in [4.78, 5) is 29.7. The predicted molar refractivity (Wildman–Crippen MR) is 132 cm³/mol. The Morgan fingerprint density at radius 3 is 2.70 bits per heavy atom. The summed E-state index contributed by atoms with van der Waals surface area (Å²) in [5.74, 6) is 1.29. The third kappa shape index (κ3) is 3.71. The highest BCUT2D eigenvalue weighted by Crippen LogP contribution is 2.54. The number of nitrogens with zero attached hydrogens (tertiary/aromatic N) is 2. The molecule has 2 aliphatic rings. The van der Waals surface area contributed by atoms with Gasteiger partial charge in [-0.3, -0.25) is 9.69 Å². The number of rotatable bonds is 4. The molecule has 0 saturated carbocycles. The maximum Gasteiger partial charge on any atom is 0.323 e. The molecule has 0 unspecified atom stereocenters. The van der Waals surface area contributed by atoms with Gasteiger partial charge in [-0.1, -0.05) is 41.9 Å². The van der Waals surface area contributed by atoms with Gasteiger partial charge in [-0.25, -0.2) is 4.79 Å². The van der Waals surface area contributed by atoms with Gasteiger partial charge >= 0.3 is 6.03 Å². The fourth-order valence-corrected chi connectivity index (χ4v) is 5.99. The second-order valence-corrected chi connectivity index (χ2v) is 9.57. The number of halogens is 1. The molecule has 8 heteroatoms. The van der Waals surface area contributed by atoms with Crippen LogP contribution < -0.4 is 15.0 Å². The third-order valence-corrected chi connectivity index (χ3v) is 7.59. The van der Waals surface area contributed by atoms with Crippen LogP contribution in [0.15, 0.2) is 72.8 Å². The molecule has 3 aromatic carbocycles. The molecule has 0 bridgehead atoms. The Morgan fingerprint density at radius 2 is 1.91 bits per heavy atom. The number of anilines is 2. The van der Waals surface area contributed by atoms with Crippen molar-refractivity contribution in [1.29, 1.82) is 0 Å². The lowest BCUT2D eigenvalue weighted by atomic mass is 10.1. The van der Waals surface area contributed by atoms with Crippen molar-refractivity contribution >= 4 is 46.7 Å². The van der Waals surface area contributed by atoms with E-state index >= 15 is 0 Å². The second-order valence-electron chi connectivity index (χ2n) is 7.84. The van der Waals surface area contributed by atoms with E-state index in [0.717, 1.165) is 22.6 Å². The summed E-state index contributed by atoms with van der Waals surface area (Å²) in [6.45, 7) is 0.860.